The Labute approximate surface area is 105 Å². The average Bonchev–Trinajstić information content (AvgIpc) is 2.37. The maximum absolute atomic E-state index is 10.9. The molecule has 0 aliphatic carbocycles. The number of aromatic nitrogens is 1. The van der Waals surface area contributed by atoms with Gasteiger partial charge in [0.25, 0.3) is 0 Å². The molecule has 0 bridgehead atoms. The van der Waals surface area contributed by atoms with Crippen LogP contribution in [0.15, 0.2) is 12.3 Å². The van der Waals surface area contributed by atoms with Crippen LogP contribution in [-0.4, -0.2) is 29.7 Å². The Kier molecular flexibility index (Phi) is 5.54. The molecule has 18 heavy (non-hydrogen) atoms. The Morgan fingerprint density at radius 2 is 2.44 bits per heavy atom. The lowest BCUT2D eigenvalue weighted by atomic mass is 10.2. The van der Waals surface area contributed by atoms with Crippen molar-refractivity contribution in [1.82, 2.24) is 4.98 Å². The molecule has 0 spiro atoms. The third-order valence-electron chi connectivity index (χ3n) is 2.19. The van der Waals surface area contributed by atoms with Crippen molar-refractivity contribution in [2.75, 3.05) is 25.1 Å². The first-order valence-electron chi connectivity index (χ1n) is 5.55. The first-order chi connectivity index (χ1) is 8.70. The van der Waals surface area contributed by atoms with Gasteiger partial charge in [-0.15, -0.1) is 0 Å². The maximum Gasteiger partial charge on any atom is 0.328 e. The highest BCUT2D eigenvalue weighted by Crippen LogP contribution is 2.25. The monoisotopic (exact) mass is 250 g/mol. The van der Waals surface area contributed by atoms with E-state index in [0.29, 0.717) is 26.2 Å². The van der Waals surface area contributed by atoms with Crippen LogP contribution < -0.4 is 5.32 Å². The van der Waals surface area contributed by atoms with Gasteiger partial charge in [0, 0.05) is 26.0 Å². The Morgan fingerprint density at radius 3 is 3.06 bits per heavy atom. The second kappa shape index (κ2) is 7.19. The van der Waals surface area contributed by atoms with Crippen molar-refractivity contribution < 1.29 is 9.66 Å². The highest BCUT2D eigenvalue weighted by Gasteiger charge is 2.20. The summed E-state index contributed by atoms with van der Waals surface area (Å²) in [5.74, 6) is 0.121. The van der Waals surface area contributed by atoms with Crippen LogP contribution >= 0.6 is 0 Å². The molecule has 1 N–H and O–H groups in total. The van der Waals surface area contributed by atoms with Gasteiger partial charge in [-0.05, 0) is 19.4 Å². The average molecular weight is 250 g/mol. The number of hydrogen-bond donors (Lipinski definition) is 1. The van der Waals surface area contributed by atoms with Gasteiger partial charge in [0.2, 0.25) is 5.82 Å². The van der Waals surface area contributed by atoms with Gasteiger partial charge in [-0.25, -0.2) is 4.98 Å². The van der Waals surface area contributed by atoms with E-state index in [1.165, 1.54) is 12.3 Å². The fraction of sp³-hybridized carbons (Fsp3) is 0.455. The molecule has 0 fully saturated rings. The van der Waals surface area contributed by atoms with Crippen LogP contribution in [-0.2, 0) is 4.74 Å². The Bertz CT molecular complexity index is 456. The van der Waals surface area contributed by atoms with Gasteiger partial charge in [-0.2, -0.15) is 5.26 Å². The van der Waals surface area contributed by atoms with Crippen LogP contribution in [0.5, 0.6) is 0 Å². The van der Waals surface area contributed by atoms with Crippen molar-refractivity contribution >= 4 is 11.5 Å². The molecule has 1 aromatic rings. The minimum Gasteiger partial charge on any atom is -0.382 e. The van der Waals surface area contributed by atoms with E-state index in [1.807, 2.05) is 6.92 Å². The highest BCUT2D eigenvalue weighted by molar-refractivity contribution is 5.63. The number of nitro groups is 1. The topological polar surface area (TPSA) is 101 Å². The fourth-order valence-corrected chi connectivity index (χ4v) is 1.38. The van der Waals surface area contributed by atoms with E-state index in [1.54, 1.807) is 6.07 Å². The minimum atomic E-state index is -0.601. The minimum absolute atomic E-state index is 0.00214. The molecule has 0 aliphatic rings. The summed E-state index contributed by atoms with van der Waals surface area (Å²) in [4.78, 5) is 14.2. The van der Waals surface area contributed by atoms with Crippen molar-refractivity contribution in [2.45, 2.75) is 13.3 Å². The van der Waals surface area contributed by atoms with Crippen molar-refractivity contribution in [2.24, 2.45) is 0 Å². The van der Waals surface area contributed by atoms with Crippen LogP contribution in [0.3, 0.4) is 0 Å². The summed E-state index contributed by atoms with van der Waals surface area (Å²) in [6.45, 7) is 3.62. The molecule has 1 heterocycles. The van der Waals surface area contributed by atoms with Gasteiger partial charge in [-0.3, -0.25) is 10.1 Å². The maximum atomic E-state index is 10.9. The highest BCUT2D eigenvalue weighted by atomic mass is 16.6. The van der Waals surface area contributed by atoms with Gasteiger partial charge in [0.1, 0.15) is 11.6 Å². The number of hydrogen-bond acceptors (Lipinski definition) is 6. The standard InChI is InChI=1S/C11H14N4O3/c1-2-18-7-3-5-13-11-10(15(16)17)9(8-12)4-6-14-11/h4,6H,2-3,5,7H2,1H3,(H,13,14). The van der Waals surface area contributed by atoms with Crippen molar-refractivity contribution in [3.05, 3.63) is 27.9 Å². The molecule has 0 radical (unpaired) electrons. The quantitative estimate of drug-likeness (QED) is 0.449. The molecule has 1 aromatic heterocycles. The molecule has 0 aromatic carbocycles. The molecule has 0 saturated heterocycles. The van der Waals surface area contributed by atoms with Gasteiger partial charge in [-0.1, -0.05) is 0 Å². The number of ether oxygens (including phenoxy) is 1. The van der Waals surface area contributed by atoms with E-state index >= 15 is 0 Å². The molecule has 0 saturated carbocycles. The van der Waals surface area contributed by atoms with E-state index < -0.39 is 4.92 Å². The van der Waals surface area contributed by atoms with Gasteiger partial charge >= 0.3 is 5.69 Å². The van der Waals surface area contributed by atoms with Crippen LogP contribution in [0.4, 0.5) is 11.5 Å². The fourth-order valence-electron chi connectivity index (χ4n) is 1.38. The number of nitrogens with one attached hydrogen (secondary N) is 1. The smallest absolute Gasteiger partial charge is 0.328 e. The lowest BCUT2D eigenvalue weighted by molar-refractivity contribution is -0.384. The third kappa shape index (κ3) is 3.68. The van der Waals surface area contributed by atoms with Crippen molar-refractivity contribution in [3.63, 3.8) is 0 Å². The number of anilines is 1. The molecule has 0 aliphatic heterocycles. The summed E-state index contributed by atoms with van der Waals surface area (Å²) >= 11 is 0. The zero-order valence-corrected chi connectivity index (χ0v) is 10.0. The summed E-state index contributed by atoms with van der Waals surface area (Å²) in [6.07, 6.45) is 2.08. The summed E-state index contributed by atoms with van der Waals surface area (Å²) in [5.41, 5.74) is -0.279. The summed E-state index contributed by atoms with van der Waals surface area (Å²) < 4.78 is 5.15. The lowest BCUT2D eigenvalue weighted by Gasteiger charge is -2.06. The zero-order chi connectivity index (χ0) is 13.4. The summed E-state index contributed by atoms with van der Waals surface area (Å²) in [6, 6.07) is 3.10. The van der Waals surface area contributed by atoms with Crippen LogP contribution in [0, 0.1) is 21.4 Å². The number of nitriles is 1. The van der Waals surface area contributed by atoms with Gasteiger partial charge < -0.3 is 10.1 Å². The van der Waals surface area contributed by atoms with Crippen molar-refractivity contribution in [1.29, 1.82) is 5.26 Å². The van der Waals surface area contributed by atoms with E-state index in [9.17, 15) is 10.1 Å². The molecule has 0 amide bonds. The summed E-state index contributed by atoms with van der Waals surface area (Å²) in [5, 5.41) is 22.5. The van der Waals surface area contributed by atoms with Crippen LogP contribution in [0.2, 0.25) is 0 Å². The largest absolute Gasteiger partial charge is 0.382 e. The number of rotatable bonds is 7. The number of nitrogens with zero attached hydrogens (tertiary/aromatic N) is 3. The predicted octanol–water partition coefficient (Wildman–Crippen LogP) is 1.70. The van der Waals surface area contributed by atoms with Gasteiger partial charge in [0.15, 0.2) is 0 Å². The van der Waals surface area contributed by atoms with Crippen LogP contribution in [0.1, 0.15) is 18.9 Å². The molecule has 7 heteroatoms. The molecular formula is C11H14N4O3. The molecular weight excluding hydrogens is 236 g/mol. The first kappa shape index (κ1) is 13.9. The van der Waals surface area contributed by atoms with E-state index in [-0.39, 0.29) is 17.1 Å². The predicted molar refractivity (Wildman–Crippen MR) is 65.2 cm³/mol. The van der Waals surface area contributed by atoms with Crippen molar-refractivity contribution in [3.8, 4) is 6.07 Å². The van der Waals surface area contributed by atoms with E-state index in [2.05, 4.69) is 10.3 Å². The second-order valence-electron chi connectivity index (χ2n) is 3.40. The SMILES string of the molecule is CCOCCCNc1nccc(C#N)c1[N+](=O)[O-]. The van der Waals surface area contributed by atoms with E-state index in [0.717, 1.165) is 0 Å². The van der Waals surface area contributed by atoms with E-state index in [4.69, 9.17) is 10.00 Å². The third-order valence-corrected chi connectivity index (χ3v) is 2.19. The molecule has 7 nitrogen and oxygen atoms in total. The van der Waals surface area contributed by atoms with Gasteiger partial charge in [0.05, 0.1) is 4.92 Å². The Balaban J connectivity index is 2.71. The Hall–Kier alpha value is -2.20. The second-order valence-corrected chi connectivity index (χ2v) is 3.40. The first-order valence-corrected chi connectivity index (χ1v) is 5.55. The Morgan fingerprint density at radius 1 is 1.67 bits per heavy atom. The molecule has 0 atom stereocenters. The normalized spacial score (nSPS) is 9.78. The molecule has 0 unspecified atom stereocenters. The zero-order valence-electron chi connectivity index (χ0n) is 10.0. The summed E-state index contributed by atoms with van der Waals surface area (Å²) in [7, 11) is 0. The molecule has 1 rings (SSSR count). The molecule has 96 valence electrons. The lowest BCUT2D eigenvalue weighted by Crippen LogP contribution is -2.09. The number of pyridine rings is 1. The van der Waals surface area contributed by atoms with Crippen LogP contribution in [0.25, 0.3) is 0 Å².